The lowest BCUT2D eigenvalue weighted by molar-refractivity contribution is 0.00559. The molecule has 0 aliphatic carbocycles. The lowest BCUT2D eigenvalue weighted by atomic mass is 10.0. The van der Waals surface area contributed by atoms with E-state index in [1.165, 1.54) is 0 Å². The SMILES string of the molecule is Cc1cnn(CCCNC(=O)N2CCOC[C@H]2CC(C)C)c1. The summed E-state index contributed by atoms with van der Waals surface area (Å²) in [6.45, 7) is 9.84. The van der Waals surface area contributed by atoms with Gasteiger partial charge >= 0.3 is 6.03 Å². The zero-order valence-corrected chi connectivity index (χ0v) is 13.9. The maximum atomic E-state index is 12.3. The Morgan fingerprint density at radius 2 is 2.36 bits per heavy atom. The van der Waals surface area contributed by atoms with Crippen LogP contribution < -0.4 is 5.32 Å². The quantitative estimate of drug-likeness (QED) is 0.818. The largest absolute Gasteiger partial charge is 0.377 e. The number of rotatable bonds is 6. The molecule has 0 saturated carbocycles. The summed E-state index contributed by atoms with van der Waals surface area (Å²) in [5, 5.41) is 7.27. The molecular formula is C16H28N4O2. The van der Waals surface area contributed by atoms with Gasteiger partial charge in [0.05, 0.1) is 25.5 Å². The van der Waals surface area contributed by atoms with E-state index in [0.29, 0.717) is 32.2 Å². The van der Waals surface area contributed by atoms with E-state index in [1.807, 2.05) is 28.9 Å². The summed E-state index contributed by atoms with van der Waals surface area (Å²) in [5.41, 5.74) is 1.16. The first-order valence-electron chi connectivity index (χ1n) is 8.17. The molecule has 1 aromatic rings. The third-order valence-electron chi connectivity index (χ3n) is 3.83. The molecule has 1 aliphatic rings. The normalized spacial score (nSPS) is 18.7. The number of hydrogen-bond acceptors (Lipinski definition) is 3. The van der Waals surface area contributed by atoms with Gasteiger partial charge in [0.1, 0.15) is 0 Å². The molecule has 6 nitrogen and oxygen atoms in total. The molecule has 6 heteroatoms. The third-order valence-corrected chi connectivity index (χ3v) is 3.83. The van der Waals surface area contributed by atoms with Gasteiger partial charge in [-0.3, -0.25) is 4.68 Å². The van der Waals surface area contributed by atoms with Crippen molar-refractivity contribution in [3.8, 4) is 0 Å². The minimum atomic E-state index is 0.0330. The molecule has 1 fully saturated rings. The highest BCUT2D eigenvalue weighted by Crippen LogP contribution is 2.15. The summed E-state index contributed by atoms with van der Waals surface area (Å²) in [6.07, 6.45) is 5.73. The number of urea groups is 1. The van der Waals surface area contributed by atoms with Crippen LogP contribution in [0.2, 0.25) is 0 Å². The summed E-state index contributed by atoms with van der Waals surface area (Å²) in [6, 6.07) is 0.230. The first-order chi connectivity index (χ1) is 10.6. The average molecular weight is 308 g/mol. The Kier molecular flexibility index (Phi) is 6.24. The second kappa shape index (κ2) is 8.17. The van der Waals surface area contributed by atoms with Crippen molar-refractivity contribution in [3.05, 3.63) is 18.0 Å². The zero-order chi connectivity index (χ0) is 15.9. The highest BCUT2D eigenvalue weighted by atomic mass is 16.5. The monoisotopic (exact) mass is 308 g/mol. The Labute approximate surface area is 132 Å². The zero-order valence-electron chi connectivity index (χ0n) is 13.9. The van der Waals surface area contributed by atoms with Crippen LogP contribution in [-0.2, 0) is 11.3 Å². The third kappa shape index (κ3) is 5.02. The van der Waals surface area contributed by atoms with E-state index in [2.05, 4.69) is 24.3 Å². The van der Waals surface area contributed by atoms with Crippen LogP contribution in [0.15, 0.2) is 12.4 Å². The summed E-state index contributed by atoms with van der Waals surface area (Å²) in [5.74, 6) is 0.560. The number of aromatic nitrogens is 2. The summed E-state index contributed by atoms with van der Waals surface area (Å²) < 4.78 is 7.43. The molecule has 0 unspecified atom stereocenters. The van der Waals surface area contributed by atoms with Gasteiger partial charge in [0, 0.05) is 25.8 Å². The highest BCUT2D eigenvalue weighted by molar-refractivity contribution is 5.74. The number of amides is 2. The number of carbonyl (C=O) groups is 1. The van der Waals surface area contributed by atoms with Crippen LogP contribution in [-0.4, -0.2) is 53.1 Å². The second-order valence-electron chi connectivity index (χ2n) is 6.42. The molecule has 22 heavy (non-hydrogen) atoms. The fourth-order valence-electron chi connectivity index (χ4n) is 2.79. The molecule has 2 heterocycles. The first-order valence-corrected chi connectivity index (χ1v) is 8.17. The molecule has 1 atom stereocenters. The maximum Gasteiger partial charge on any atom is 0.317 e. The minimum absolute atomic E-state index is 0.0330. The van der Waals surface area contributed by atoms with E-state index in [-0.39, 0.29) is 12.1 Å². The molecule has 124 valence electrons. The number of nitrogens with zero attached hydrogens (tertiary/aromatic N) is 3. The Balaban J connectivity index is 1.72. The second-order valence-corrected chi connectivity index (χ2v) is 6.42. The molecule has 1 aromatic heterocycles. The topological polar surface area (TPSA) is 59.4 Å². The van der Waals surface area contributed by atoms with E-state index in [1.54, 1.807) is 0 Å². The van der Waals surface area contributed by atoms with Crippen LogP contribution >= 0.6 is 0 Å². The molecule has 1 aliphatic heterocycles. The van der Waals surface area contributed by atoms with Crippen LogP contribution in [0.25, 0.3) is 0 Å². The number of hydrogen-bond donors (Lipinski definition) is 1. The van der Waals surface area contributed by atoms with Crippen molar-refractivity contribution in [2.45, 2.75) is 46.2 Å². The van der Waals surface area contributed by atoms with Crippen molar-refractivity contribution >= 4 is 6.03 Å². The smallest absolute Gasteiger partial charge is 0.317 e. The molecular weight excluding hydrogens is 280 g/mol. The lowest BCUT2D eigenvalue weighted by Crippen LogP contribution is -2.53. The van der Waals surface area contributed by atoms with Gasteiger partial charge in [-0.2, -0.15) is 5.10 Å². The van der Waals surface area contributed by atoms with Gasteiger partial charge in [-0.1, -0.05) is 13.8 Å². The van der Waals surface area contributed by atoms with Crippen molar-refractivity contribution in [2.24, 2.45) is 5.92 Å². The number of carbonyl (C=O) groups excluding carboxylic acids is 1. The molecule has 0 aromatic carbocycles. The van der Waals surface area contributed by atoms with Gasteiger partial charge in [-0.25, -0.2) is 4.79 Å². The van der Waals surface area contributed by atoms with Gasteiger partial charge in [-0.05, 0) is 31.2 Å². The Bertz CT molecular complexity index is 472. The molecule has 0 radical (unpaired) electrons. The van der Waals surface area contributed by atoms with E-state index < -0.39 is 0 Å². The maximum absolute atomic E-state index is 12.3. The van der Waals surface area contributed by atoms with Crippen molar-refractivity contribution in [1.82, 2.24) is 20.0 Å². The van der Waals surface area contributed by atoms with E-state index in [0.717, 1.165) is 24.9 Å². The fourth-order valence-corrected chi connectivity index (χ4v) is 2.79. The van der Waals surface area contributed by atoms with Crippen LogP contribution in [0.4, 0.5) is 4.79 Å². The van der Waals surface area contributed by atoms with Gasteiger partial charge in [-0.15, -0.1) is 0 Å². The predicted octanol–water partition coefficient (Wildman–Crippen LogP) is 2.04. The molecule has 2 amide bonds. The number of aryl methyl sites for hydroxylation is 2. The number of ether oxygens (including phenoxy) is 1. The standard InChI is InChI=1S/C16H28N4O2/c1-13(2)9-15-12-22-8-7-20(15)16(21)17-5-4-6-19-11-14(3)10-18-19/h10-11,13,15H,4-9,12H2,1-3H3,(H,17,21)/t15-/m1/s1. The van der Waals surface area contributed by atoms with E-state index >= 15 is 0 Å². The van der Waals surface area contributed by atoms with Crippen molar-refractivity contribution in [1.29, 1.82) is 0 Å². The van der Waals surface area contributed by atoms with Crippen LogP contribution in [0.3, 0.4) is 0 Å². The molecule has 1 saturated heterocycles. The molecule has 0 bridgehead atoms. The van der Waals surface area contributed by atoms with Gasteiger partial charge in [0.15, 0.2) is 0 Å². The molecule has 1 N–H and O–H groups in total. The van der Waals surface area contributed by atoms with Crippen LogP contribution in [0.5, 0.6) is 0 Å². The van der Waals surface area contributed by atoms with Gasteiger partial charge < -0.3 is 15.0 Å². The molecule has 0 spiro atoms. The van der Waals surface area contributed by atoms with Gasteiger partial charge in [0.25, 0.3) is 0 Å². The Morgan fingerprint density at radius 1 is 1.55 bits per heavy atom. The van der Waals surface area contributed by atoms with Gasteiger partial charge in [0.2, 0.25) is 0 Å². The highest BCUT2D eigenvalue weighted by Gasteiger charge is 2.27. The van der Waals surface area contributed by atoms with Crippen LogP contribution in [0, 0.1) is 12.8 Å². The average Bonchev–Trinajstić information content (AvgIpc) is 2.89. The number of morpholine rings is 1. The lowest BCUT2D eigenvalue weighted by Gasteiger charge is -2.36. The van der Waals surface area contributed by atoms with E-state index in [9.17, 15) is 4.79 Å². The van der Waals surface area contributed by atoms with E-state index in [4.69, 9.17) is 4.74 Å². The van der Waals surface area contributed by atoms with Crippen LogP contribution in [0.1, 0.15) is 32.3 Å². The Hall–Kier alpha value is -1.56. The predicted molar refractivity (Wildman–Crippen MR) is 85.7 cm³/mol. The summed E-state index contributed by atoms with van der Waals surface area (Å²) >= 11 is 0. The summed E-state index contributed by atoms with van der Waals surface area (Å²) in [7, 11) is 0. The fraction of sp³-hybridized carbons (Fsp3) is 0.750. The minimum Gasteiger partial charge on any atom is -0.377 e. The Morgan fingerprint density at radius 3 is 3.05 bits per heavy atom. The summed E-state index contributed by atoms with van der Waals surface area (Å²) in [4.78, 5) is 14.3. The molecule has 2 rings (SSSR count). The first kappa shape index (κ1) is 16.8. The number of nitrogens with one attached hydrogen (secondary N) is 1. The van der Waals surface area contributed by atoms with Crippen molar-refractivity contribution in [2.75, 3.05) is 26.3 Å². The van der Waals surface area contributed by atoms with Crippen molar-refractivity contribution in [3.63, 3.8) is 0 Å². The van der Waals surface area contributed by atoms with Crippen molar-refractivity contribution < 1.29 is 9.53 Å².